The van der Waals surface area contributed by atoms with Gasteiger partial charge in [-0.15, -0.1) is 0 Å². The number of hydrogen-bond acceptors (Lipinski definition) is 2. The molecule has 0 aromatic heterocycles. The standard InChI is InChI=1S/C20H22N2O2/c1-13-3-6-16(11-14(13)2)20(24)22-18-7-4-15(5-8-18)12-19(23)21-17-9-10-17/h3-8,11,17H,9-10,12H2,1-2H3,(H,21,23)(H,22,24). The molecule has 2 N–H and O–H groups in total. The maximum atomic E-state index is 12.3. The van der Waals surface area contributed by atoms with Gasteiger partial charge in [-0.25, -0.2) is 0 Å². The Hall–Kier alpha value is -2.62. The molecule has 0 atom stereocenters. The first-order chi connectivity index (χ1) is 11.5. The van der Waals surface area contributed by atoms with E-state index in [1.54, 1.807) is 0 Å². The molecule has 3 rings (SSSR count). The summed E-state index contributed by atoms with van der Waals surface area (Å²) in [6.45, 7) is 4.02. The molecule has 2 aromatic rings. The third kappa shape index (κ3) is 4.22. The molecule has 2 aromatic carbocycles. The Morgan fingerprint density at radius 2 is 1.71 bits per heavy atom. The van der Waals surface area contributed by atoms with Crippen molar-refractivity contribution in [1.82, 2.24) is 5.32 Å². The smallest absolute Gasteiger partial charge is 0.255 e. The van der Waals surface area contributed by atoms with Crippen molar-refractivity contribution in [1.29, 1.82) is 0 Å². The lowest BCUT2D eigenvalue weighted by Crippen LogP contribution is -2.26. The average molecular weight is 322 g/mol. The van der Waals surface area contributed by atoms with Gasteiger partial charge in [0.05, 0.1) is 6.42 Å². The minimum Gasteiger partial charge on any atom is -0.353 e. The minimum absolute atomic E-state index is 0.0596. The molecule has 0 aliphatic heterocycles. The first kappa shape index (κ1) is 16.2. The van der Waals surface area contributed by atoms with Crippen molar-refractivity contribution >= 4 is 17.5 Å². The Kier molecular flexibility index (Phi) is 4.65. The molecule has 0 heterocycles. The summed E-state index contributed by atoms with van der Waals surface area (Å²) in [6, 6.07) is 13.5. The van der Waals surface area contributed by atoms with Gasteiger partial charge in [-0.3, -0.25) is 9.59 Å². The number of carbonyl (C=O) groups is 2. The number of carbonyl (C=O) groups excluding carboxylic acids is 2. The summed E-state index contributed by atoms with van der Waals surface area (Å²) in [5.41, 5.74) is 4.58. The van der Waals surface area contributed by atoms with Crippen LogP contribution in [0.2, 0.25) is 0 Å². The van der Waals surface area contributed by atoms with Gasteiger partial charge in [-0.05, 0) is 67.6 Å². The molecule has 0 saturated heterocycles. The minimum atomic E-state index is -0.127. The summed E-state index contributed by atoms with van der Waals surface area (Å²) in [7, 11) is 0. The predicted octanol–water partition coefficient (Wildman–Crippen LogP) is 3.38. The van der Waals surface area contributed by atoms with Crippen LogP contribution >= 0.6 is 0 Å². The molecule has 0 unspecified atom stereocenters. The molecule has 4 heteroatoms. The third-order valence-electron chi connectivity index (χ3n) is 4.29. The van der Waals surface area contributed by atoms with Gasteiger partial charge >= 0.3 is 0 Å². The summed E-state index contributed by atoms with van der Waals surface area (Å²) in [4.78, 5) is 24.1. The predicted molar refractivity (Wildman–Crippen MR) is 95.2 cm³/mol. The van der Waals surface area contributed by atoms with Crippen LogP contribution in [0.4, 0.5) is 5.69 Å². The second-order valence-corrected chi connectivity index (χ2v) is 6.47. The summed E-state index contributed by atoms with van der Waals surface area (Å²) >= 11 is 0. The van der Waals surface area contributed by atoms with Gasteiger partial charge in [-0.1, -0.05) is 18.2 Å². The number of nitrogens with one attached hydrogen (secondary N) is 2. The Bertz CT molecular complexity index is 762. The molecule has 1 aliphatic carbocycles. The highest BCUT2D eigenvalue weighted by atomic mass is 16.2. The highest BCUT2D eigenvalue weighted by Gasteiger charge is 2.23. The van der Waals surface area contributed by atoms with Crippen molar-refractivity contribution in [3.63, 3.8) is 0 Å². The lowest BCUT2D eigenvalue weighted by molar-refractivity contribution is -0.120. The van der Waals surface area contributed by atoms with Gasteiger partial charge in [0.15, 0.2) is 0 Å². The van der Waals surface area contributed by atoms with Gasteiger partial charge in [0.25, 0.3) is 5.91 Å². The quantitative estimate of drug-likeness (QED) is 0.886. The number of rotatable bonds is 5. The van der Waals surface area contributed by atoms with Crippen molar-refractivity contribution in [2.45, 2.75) is 39.2 Å². The molecule has 4 nitrogen and oxygen atoms in total. The lowest BCUT2D eigenvalue weighted by Gasteiger charge is -2.08. The van der Waals surface area contributed by atoms with Gasteiger partial charge in [0.1, 0.15) is 0 Å². The first-order valence-electron chi connectivity index (χ1n) is 8.28. The van der Waals surface area contributed by atoms with Gasteiger partial charge in [0.2, 0.25) is 5.91 Å². The number of anilines is 1. The molecule has 1 fully saturated rings. The summed E-state index contributed by atoms with van der Waals surface area (Å²) < 4.78 is 0. The van der Waals surface area contributed by atoms with Crippen LogP contribution in [0.15, 0.2) is 42.5 Å². The van der Waals surface area contributed by atoms with E-state index in [0.717, 1.165) is 29.7 Å². The molecule has 0 bridgehead atoms. The van der Waals surface area contributed by atoms with Gasteiger partial charge in [-0.2, -0.15) is 0 Å². The monoisotopic (exact) mass is 322 g/mol. The highest BCUT2D eigenvalue weighted by molar-refractivity contribution is 6.04. The summed E-state index contributed by atoms with van der Waals surface area (Å²) in [5.74, 6) is -0.0678. The maximum absolute atomic E-state index is 12.3. The molecular weight excluding hydrogens is 300 g/mol. The Balaban J connectivity index is 1.59. The van der Waals surface area contributed by atoms with E-state index in [4.69, 9.17) is 0 Å². The zero-order valence-electron chi connectivity index (χ0n) is 14.1. The summed E-state index contributed by atoms with van der Waals surface area (Å²) in [5, 5.41) is 5.86. The Morgan fingerprint density at radius 1 is 1.00 bits per heavy atom. The SMILES string of the molecule is Cc1ccc(C(=O)Nc2ccc(CC(=O)NC3CC3)cc2)cc1C. The van der Waals surface area contributed by atoms with Crippen LogP contribution in [-0.4, -0.2) is 17.9 Å². The average Bonchev–Trinajstić information content (AvgIpc) is 3.35. The van der Waals surface area contributed by atoms with Crippen LogP contribution in [0.1, 0.15) is 39.9 Å². The van der Waals surface area contributed by atoms with Crippen molar-refractivity contribution in [3.05, 3.63) is 64.7 Å². The van der Waals surface area contributed by atoms with Crippen molar-refractivity contribution < 1.29 is 9.59 Å². The number of hydrogen-bond donors (Lipinski definition) is 2. The van der Waals surface area contributed by atoms with E-state index in [1.807, 2.05) is 56.3 Å². The largest absolute Gasteiger partial charge is 0.353 e. The second kappa shape index (κ2) is 6.87. The number of benzene rings is 2. The Labute approximate surface area is 142 Å². The lowest BCUT2D eigenvalue weighted by atomic mass is 10.1. The molecule has 1 saturated carbocycles. The topological polar surface area (TPSA) is 58.2 Å². The molecule has 0 spiro atoms. The Morgan fingerprint density at radius 3 is 2.33 bits per heavy atom. The molecular formula is C20H22N2O2. The van der Waals surface area contributed by atoms with Crippen molar-refractivity contribution in [3.8, 4) is 0 Å². The van der Waals surface area contributed by atoms with E-state index in [1.165, 1.54) is 5.56 Å². The second-order valence-electron chi connectivity index (χ2n) is 6.47. The van der Waals surface area contributed by atoms with E-state index in [0.29, 0.717) is 18.0 Å². The van der Waals surface area contributed by atoms with Crippen LogP contribution < -0.4 is 10.6 Å². The van der Waals surface area contributed by atoms with E-state index >= 15 is 0 Å². The van der Waals surface area contributed by atoms with E-state index in [2.05, 4.69) is 10.6 Å². The molecule has 0 radical (unpaired) electrons. The van der Waals surface area contributed by atoms with Crippen LogP contribution in [0.25, 0.3) is 0 Å². The van der Waals surface area contributed by atoms with Gasteiger partial charge < -0.3 is 10.6 Å². The fourth-order valence-corrected chi connectivity index (χ4v) is 2.48. The molecule has 24 heavy (non-hydrogen) atoms. The fraction of sp³-hybridized carbons (Fsp3) is 0.300. The number of amides is 2. The molecule has 1 aliphatic rings. The zero-order chi connectivity index (χ0) is 17.1. The fourth-order valence-electron chi connectivity index (χ4n) is 2.48. The summed E-state index contributed by atoms with van der Waals surface area (Å²) in [6.07, 6.45) is 2.56. The van der Waals surface area contributed by atoms with Crippen LogP contribution in [-0.2, 0) is 11.2 Å². The van der Waals surface area contributed by atoms with E-state index in [9.17, 15) is 9.59 Å². The van der Waals surface area contributed by atoms with E-state index < -0.39 is 0 Å². The highest BCUT2D eigenvalue weighted by Crippen LogP contribution is 2.19. The normalized spacial score (nSPS) is 13.4. The number of aryl methyl sites for hydroxylation is 2. The van der Waals surface area contributed by atoms with Crippen LogP contribution in [0, 0.1) is 13.8 Å². The van der Waals surface area contributed by atoms with Crippen LogP contribution in [0.5, 0.6) is 0 Å². The van der Waals surface area contributed by atoms with Crippen LogP contribution in [0.3, 0.4) is 0 Å². The zero-order valence-corrected chi connectivity index (χ0v) is 14.1. The van der Waals surface area contributed by atoms with Crippen molar-refractivity contribution in [2.24, 2.45) is 0 Å². The van der Waals surface area contributed by atoms with Gasteiger partial charge in [0, 0.05) is 17.3 Å². The first-order valence-corrected chi connectivity index (χ1v) is 8.28. The third-order valence-corrected chi connectivity index (χ3v) is 4.29. The molecule has 2 amide bonds. The van der Waals surface area contributed by atoms with E-state index in [-0.39, 0.29) is 11.8 Å². The maximum Gasteiger partial charge on any atom is 0.255 e. The van der Waals surface area contributed by atoms with Crippen molar-refractivity contribution in [2.75, 3.05) is 5.32 Å². The molecule has 124 valence electrons.